The quantitative estimate of drug-likeness (QED) is 0.429. The van der Waals surface area contributed by atoms with Crippen LogP contribution in [-0.2, 0) is 14.3 Å². The van der Waals surface area contributed by atoms with Gasteiger partial charge in [-0.15, -0.1) is 0 Å². The van der Waals surface area contributed by atoms with Crippen molar-refractivity contribution in [1.29, 1.82) is 5.26 Å². The number of methoxy groups -OCH3 is 3. The first kappa shape index (κ1) is 25.4. The Kier molecular flexibility index (Phi) is 8.92. The Morgan fingerprint density at radius 3 is 2.31 bits per heavy atom. The second-order valence-corrected chi connectivity index (χ2v) is 7.39. The van der Waals surface area contributed by atoms with Crippen LogP contribution in [0.4, 0.5) is 5.69 Å². The van der Waals surface area contributed by atoms with Crippen LogP contribution < -0.4 is 24.3 Å². The normalized spacial score (nSPS) is 13.4. The van der Waals surface area contributed by atoms with Gasteiger partial charge >= 0.3 is 0 Å². The van der Waals surface area contributed by atoms with Gasteiger partial charge in [0.15, 0.2) is 29.6 Å². The van der Waals surface area contributed by atoms with Crippen LogP contribution in [0.1, 0.15) is 5.56 Å². The van der Waals surface area contributed by atoms with Gasteiger partial charge < -0.3 is 33.9 Å². The monoisotopic (exact) mass is 481 g/mol. The summed E-state index contributed by atoms with van der Waals surface area (Å²) >= 11 is 0. The van der Waals surface area contributed by atoms with Crippen molar-refractivity contribution in [2.45, 2.75) is 0 Å². The van der Waals surface area contributed by atoms with E-state index < -0.39 is 5.91 Å². The minimum absolute atomic E-state index is 0.113. The van der Waals surface area contributed by atoms with Crippen molar-refractivity contribution >= 4 is 23.6 Å². The van der Waals surface area contributed by atoms with Gasteiger partial charge in [-0.25, -0.2) is 0 Å². The van der Waals surface area contributed by atoms with E-state index in [0.29, 0.717) is 60.6 Å². The number of carbonyl (C=O) groups is 2. The first-order valence-electron chi connectivity index (χ1n) is 10.8. The lowest BCUT2D eigenvalue weighted by molar-refractivity contribution is -0.137. The molecule has 2 aromatic rings. The smallest absolute Gasteiger partial charge is 0.266 e. The third kappa shape index (κ3) is 6.65. The molecular weight excluding hydrogens is 454 g/mol. The molecule has 0 spiro atoms. The van der Waals surface area contributed by atoms with E-state index in [9.17, 15) is 14.9 Å². The molecule has 3 rings (SSSR count). The highest BCUT2D eigenvalue weighted by Crippen LogP contribution is 2.31. The molecule has 10 nitrogen and oxygen atoms in total. The van der Waals surface area contributed by atoms with E-state index in [-0.39, 0.29) is 18.1 Å². The highest BCUT2D eigenvalue weighted by atomic mass is 16.5. The first-order valence-corrected chi connectivity index (χ1v) is 10.8. The summed E-state index contributed by atoms with van der Waals surface area (Å²) in [7, 11) is 4.47. The van der Waals surface area contributed by atoms with Crippen molar-refractivity contribution in [3.8, 4) is 29.1 Å². The summed E-state index contributed by atoms with van der Waals surface area (Å²) < 4.78 is 26.7. The summed E-state index contributed by atoms with van der Waals surface area (Å²) in [5, 5.41) is 12.2. The van der Waals surface area contributed by atoms with E-state index in [4.69, 9.17) is 23.7 Å². The maximum Gasteiger partial charge on any atom is 0.266 e. The molecule has 1 saturated heterocycles. The second-order valence-electron chi connectivity index (χ2n) is 7.39. The summed E-state index contributed by atoms with van der Waals surface area (Å²) in [5.41, 5.74) is 0.880. The van der Waals surface area contributed by atoms with Crippen LogP contribution in [0, 0.1) is 11.3 Å². The van der Waals surface area contributed by atoms with Gasteiger partial charge in [-0.05, 0) is 35.9 Å². The molecule has 0 unspecified atom stereocenters. The summed E-state index contributed by atoms with van der Waals surface area (Å²) in [6, 6.07) is 11.7. The Balaban J connectivity index is 1.70. The van der Waals surface area contributed by atoms with Crippen LogP contribution in [0.25, 0.3) is 6.08 Å². The fraction of sp³-hybridized carbons (Fsp3) is 0.320. The van der Waals surface area contributed by atoms with E-state index in [2.05, 4.69) is 5.32 Å². The minimum atomic E-state index is -0.588. The lowest BCUT2D eigenvalue weighted by Crippen LogP contribution is -2.43. The second kappa shape index (κ2) is 12.3. The highest BCUT2D eigenvalue weighted by molar-refractivity contribution is 6.09. The number of hydrogen-bond donors (Lipinski definition) is 1. The van der Waals surface area contributed by atoms with Crippen LogP contribution in [0.2, 0.25) is 0 Å². The Morgan fingerprint density at radius 1 is 1.00 bits per heavy atom. The zero-order chi connectivity index (χ0) is 25.2. The Morgan fingerprint density at radius 2 is 1.66 bits per heavy atom. The van der Waals surface area contributed by atoms with Crippen LogP contribution in [0.3, 0.4) is 0 Å². The molecule has 1 N–H and O–H groups in total. The molecule has 1 aliphatic rings. The predicted octanol–water partition coefficient (Wildman–Crippen LogP) is 2.50. The molecule has 0 aliphatic carbocycles. The van der Waals surface area contributed by atoms with Crippen LogP contribution in [0.5, 0.6) is 23.0 Å². The maximum atomic E-state index is 12.7. The number of nitrogens with zero attached hydrogens (tertiary/aromatic N) is 2. The molecule has 35 heavy (non-hydrogen) atoms. The Labute approximate surface area is 203 Å². The molecule has 184 valence electrons. The van der Waals surface area contributed by atoms with Gasteiger partial charge in [-0.1, -0.05) is 6.07 Å². The molecule has 0 bridgehead atoms. The number of nitrogens with one attached hydrogen (secondary N) is 1. The number of carbonyl (C=O) groups excluding carboxylic acids is 2. The predicted molar refractivity (Wildman–Crippen MR) is 128 cm³/mol. The number of amides is 2. The molecule has 2 aromatic carbocycles. The largest absolute Gasteiger partial charge is 0.493 e. The van der Waals surface area contributed by atoms with E-state index in [1.165, 1.54) is 27.4 Å². The number of benzene rings is 2. The SMILES string of the molecule is COc1ccc(NC(=O)/C(C#N)=C/c2ccc(OCC(=O)N3CCOCC3)c(OC)c2)cc1OC. The van der Waals surface area contributed by atoms with Crippen molar-refractivity contribution < 1.29 is 33.3 Å². The van der Waals surface area contributed by atoms with Crippen LogP contribution in [-0.4, -0.2) is 71.0 Å². The molecule has 1 heterocycles. The molecule has 2 amide bonds. The van der Waals surface area contributed by atoms with E-state index in [1.54, 1.807) is 41.3 Å². The molecule has 1 aliphatic heterocycles. The van der Waals surface area contributed by atoms with E-state index in [0.717, 1.165) is 0 Å². The standard InChI is InChI=1S/C25H27N3O7/c1-31-20-7-5-19(14-23(20)33-3)27-25(30)18(15-26)12-17-4-6-21(22(13-17)32-2)35-16-24(29)28-8-10-34-11-9-28/h4-7,12-14H,8-11,16H2,1-3H3,(H,27,30)/b18-12+. The van der Waals surface area contributed by atoms with E-state index in [1.807, 2.05) is 6.07 Å². The Hall–Kier alpha value is -4.23. The number of anilines is 1. The zero-order valence-corrected chi connectivity index (χ0v) is 19.8. The van der Waals surface area contributed by atoms with Crippen molar-refractivity contribution in [3.05, 3.63) is 47.5 Å². The van der Waals surface area contributed by atoms with Gasteiger partial charge in [0.05, 0.1) is 34.5 Å². The summed E-state index contributed by atoms with van der Waals surface area (Å²) in [4.78, 5) is 26.7. The highest BCUT2D eigenvalue weighted by Gasteiger charge is 2.18. The minimum Gasteiger partial charge on any atom is -0.493 e. The van der Waals surface area contributed by atoms with Crippen molar-refractivity contribution in [2.24, 2.45) is 0 Å². The number of nitriles is 1. The van der Waals surface area contributed by atoms with E-state index >= 15 is 0 Å². The average Bonchev–Trinajstić information content (AvgIpc) is 2.90. The summed E-state index contributed by atoms with van der Waals surface area (Å²) in [6.07, 6.45) is 1.43. The Bertz CT molecular complexity index is 1130. The molecule has 0 saturated carbocycles. The molecular formula is C25H27N3O7. The fourth-order valence-electron chi connectivity index (χ4n) is 3.36. The van der Waals surface area contributed by atoms with Crippen LogP contribution >= 0.6 is 0 Å². The van der Waals surface area contributed by atoms with Crippen molar-refractivity contribution in [2.75, 3.05) is 59.6 Å². The molecule has 0 radical (unpaired) electrons. The number of morpholine rings is 1. The molecule has 0 atom stereocenters. The van der Waals surface area contributed by atoms with Gasteiger partial charge in [0.2, 0.25) is 0 Å². The van der Waals surface area contributed by atoms with Gasteiger partial charge in [0, 0.05) is 24.8 Å². The number of hydrogen-bond acceptors (Lipinski definition) is 8. The van der Waals surface area contributed by atoms with Gasteiger partial charge in [-0.2, -0.15) is 5.26 Å². The molecule has 1 fully saturated rings. The summed E-state index contributed by atoms with van der Waals surface area (Å²) in [5.74, 6) is 0.974. The molecule has 0 aromatic heterocycles. The average molecular weight is 482 g/mol. The lowest BCUT2D eigenvalue weighted by atomic mass is 10.1. The first-order chi connectivity index (χ1) is 17.0. The van der Waals surface area contributed by atoms with Crippen LogP contribution in [0.15, 0.2) is 42.0 Å². The number of rotatable bonds is 9. The third-order valence-corrected chi connectivity index (χ3v) is 5.22. The molecule has 10 heteroatoms. The third-order valence-electron chi connectivity index (χ3n) is 5.22. The number of ether oxygens (including phenoxy) is 5. The maximum absolute atomic E-state index is 12.7. The van der Waals surface area contributed by atoms with Crippen molar-refractivity contribution in [1.82, 2.24) is 4.90 Å². The van der Waals surface area contributed by atoms with Crippen molar-refractivity contribution in [3.63, 3.8) is 0 Å². The lowest BCUT2D eigenvalue weighted by Gasteiger charge is -2.26. The van der Waals surface area contributed by atoms with Gasteiger partial charge in [-0.3, -0.25) is 9.59 Å². The van der Waals surface area contributed by atoms with Gasteiger partial charge in [0.25, 0.3) is 11.8 Å². The summed E-state index contributed by atoms with van der Waals surface area (Å²) in [6.45, 7) is 1.95. The fourth-order valence-corrected chi connectivity index (χ4v) is 3.36. The topological polar surface area (TPSA) is 119 Å². The zero-order valence-electron chi connectivity index (χ0n) is 19.8. The van der Waals surface area contributed by atoms with Gasteiger partial charge in [0.1, 0.15) is 11.6 Å².